The molecular formula is C13H16N4O2. The van der Waals surface area contributed by atoms with Crippen LogP contribution in [0.1, 0.15) is 18.1 Å². The van der Waals surface area contributed by atoms with Gasteiger partial charge in [-0.1, -0.05) is 19.1 Å². The number of hydrazine groups is 1. The van der Waals surface area contributed by atoms with Gasteiger partial charge in [0.2, 0.25) is 5.88 Å². The van der Waals surface area contributed by atoms with Crippen LogP contribution >= 0.6 is 0 Å². The monoisotopic (exact) mass is 260 g/mol. The maximum Gasteiger partial charge on any atom is 0.227 e. The summed E-state index contributed by atoms with van der Waals surface area (Å²) in [4.78, 5) is 8.15. The number of rotatable bonds is 5. The Hall–Kier alpha value is -2.18. The Morgan fingerprint density at radius 1 is 1.37 bits per heavy atom. The summed E-state index contributed by atoms with van der Waals surface area (Å²) in [5.74, 6) is 7.02. The molecule has 0 aliphatic carbocycles. The molecule has 1 aromatic heterocycles. The number of hydrogen-bond acceptors (Lipinski definition) is 6. The van der Waals surface area contributed by atoms with Gasteiger partial charge in [-0.25, -0.2) is 15.8 Å². The fourth-order valence-electron chi connectivity index (χ4n) is 1.75. The third-order valence-corrected chi connectivity index (χ3v) is 2.69. The lowest BCUT2D eigenvalue weighted by Gasteiger charge is -2.12. The van der Waals surface area contributed by atoms with Crippen LogP contribution in [0.15, 0.2) is 30.6 Å². The first-order chi connectivity index (χ1) is 9.28. The molecular weight excluding hydrogens is 244 g/mol. The molecule has 2 rings (SSSR count). The highest BCUT2D eigenvalue weighted by molar-refractivity contribution is 5.49. The molecule has 6 nitrogen and oxygen atoms in total. The number of benzene rings is 1. The molecule has 0 radical (unpaired) electrons. The predicted octanol–water partition coefficient (Wildman–Crippen LogP) is 1.61. The second-order valence-electron chi connectivity index (χ2n) is 3.91. The molecule has 6 heteroatoms. The highest BCUT2D eigenvalue weighted by Gasteiger charge is 2.11. The zero-order valence-electron chi connectivity index (χ0n) is 10.6. The van der Waals surface area contributed by atoms with Gasteiger partial charge in [-0.3, -0.25) is 0 Å². The maximum absolute atomic E-state index is 9.10. The molecule has 0 aliphatic rings. The lowest BCUT2D eigenvalue weighted by atomic mass is 10.2. The molecule has 100 valence electrons. The van der Waals surface area contributed by atoms with Crippen LogP contribution in [0.3, 0.4) is 0 Å². The summed E-state index contributed by atoms with van der Waals surface area (Å²) in [5.41, 5.74) is 4.11. The number of nitrogens with zero attached hydrogens (tertiary/aromatic N) is 2. The lowest BCUT2D eigenvalue weighted by molar-refractivity contribution is 0.281. The van der Waals surface area contributed by atoms with Crippen LogP contribution < -0.4 is 16.0 Å². The van der Waals surface area contributed by atoms with Gasteiger partial charge in [-0.2, -0.15) is 0 Å². The number of ether oxygens (including phenoxy) is 1. The lowest BCUT2D eigenvalue weighted by Crippen LogP contribution is -2.12. The maximum atomic E-state index is 9.10. The Balaban J connectivity index is 2.32. The summed E-state index contributed by atoms with van der Waals surface area (Å²) < 4.78 is 5.73. The highest BCUT2D eigenvalue weighted by Crippen LogP contribution is 2.27. The van der Waals surface area contributed by atoms with Crippen molar-refractivity contribution in [2.45, 2.75) is 20.0 Å². The van der Waals surface area contributed by atoms with Crippen LogP contribution in [0.2, 0.25) is 0 Å². The number of nitrogens with one attached hydrogen (secondary N) is 1. The smallest absolute Gasteiger partial charge is 0.227 e. The predicted molar refractivity (Wildman–Crippen MR) is 71.7 cm³/mol. The Bertz CT molecular complexity index is 560. The molecule has 19 heavy (non-hydrogen) atoms. The first-order valence-corrected chi connectivity index (χ1v) is 5.96. The van der Waals surface area contributed by atoms with Gasteiger partial charge in [0.05, 0.1) is 12.2 Å². The van der Waals surface area contributed by atoms with E-state index in [9.17, 15) is 0 Å². The van der Waals surface area contributed by atoms with Crippen LogP contribution in [0, 0.1) is 0 Å². The minimum Gasteiger partial charge on any atom is -0.439 e. The molecule has 0 fully saturated rings. The second kappa shape index (κ2) is 6.12. The summed E-state index contributed by atoms with van der Waals surface area (Å²) in [6.07, 6.45) is 2.08. The van der Waals surface area contributed by atoms with E-state index in [1.54, 1.807) is 12.1 Å². The molecule has 0 atom stereocenters. The molecule has 0 saturated carbocycles. The summed E-state index contributed by atoms with van der Waals surface area (Å²) >= 11 is 0. The molecule has 0 aliphatic heterocycles. The molecule has 1 aromatic carbocycles. The van der Waals surface area contributed by atoms with E-state index in [-0.39, 0.29) is 6.61 Å². The molecule has 4 N–H and O–H groups in total. The Morgan fingerprint density at radius 3 is 2.89 bits per heavy atom. The molecule has 0 bridgehead atoms. The number of aromatic nitrogens is 2. The van der Waals surface area contributed by atoms with Crippen molar-refractivity contribution in [3.63, 3.8) is 0 Å². The van der Waals surface area contributed by atoms with Crippen molar-refractivity contribution in [1.29, 1.82) is 0 Å². The van der Waals surface area contributed by atoms with Crippen LogP contribution in [-0.4, -0.2) is 15.1 Å². The van der Waals surface area contributed by atoms with Gasteiger partial charge in [-0.15, -0.1) is 0 Å². The van der Waals surface area contributed by atoms with Gasteiger partial charge in [0.1, 0.15) is 17.9 Å². The fraction of sp³-hybridized carbons (Fsp3) is 0.231. The number of aliphatic hydroxyl groups excluding tert-OH is 1. The van der Waals surface area contributed by atoms with Gasteiger partial charge >= 0.3 is 0 Å². The van der Waals surface area contributed by atoms with E-state index < -0.39 is 0 Å². The van der Waals surface area contributed by atoms with Crippen molar-refractivity contribution in [3.05, 3.63) is 41.7 Å². The first kappa shape index (κ1) is 13.3. The van der Waals surface area contributed by atoms with E-state index >= 15 is 0 Å². The van der Waals surface area contributed by atoms with Crippen LogP contribution in [0.25, 0.3) is 0 Å². The summed E-state index contributed by atoms with van der Waals surface area (Å²) in [7, 11) is 0. The second-order valence-corrected chi connectivity index (χ2v) is 3.91. The Labute approximate surface area is 111 Å². The number of nitrogen functional groups attached to an aromatic ring is 1. The summed E-state index contributed by atoms with van der Waals surface area (Å²) in [6, 6.07) is 7.20. The normalized spacial score (nSPS) is 10.3. The highest BCUT2D eigenvalue weighted by atomic mass is 16.5. The molecule has 0 amide bonds. The largest absolute Gasteiger partial charge is 0.439 e. The van der Waals surface area contributed by atoms with Gasteiger partial charge < -0.3 is 15.3 Å². The molecule has 0 unspecified atom stereocenters. The van der Waals surface area contributed by atoms with E-state index in [1.165, 1.54) is 6.33 Å². The minimum absolute atomic E-state index is 0.0305. The zero-order valence-corrected chi connectivity index (χ0v) is 10.6. The SMILES string of the molecule is CCc1c(NN)ncnc1Oc1cccc(CO)c1. The number of anilines is 1. The van der Waals surface area contributed by atoms with E-state index in [2.05, 4.69) is 15.4 Å². The average Bonchev–Trinajstić information content (AvgIpc) is 2.47. The third kappa shape index (κ3) is 2.98. The van der Waals surface area contributed by atoms with Crippen molar-refractivity contribution in [2.75, 3.05) is 5.43 Å². The standard InChI is InChI=1S/C13H16N4O2/c1-2-11-12(17-14)15-8-16-13(11)19-10-5-3-4-9(6-10)7-18/h3-6,8,18H,2,7,14H2,1H3,(H,15,16,17). The molecule has 2 aromatic rings. The third-order valence-electron chi connectivity index (χ3n) is 2.69. The number of nitrogens with two attached hydrogens (primary N) is 1. The quantitative estimate of drug-likeness (QED) is 0.558. The minimum atomic E-state index is -0.0305. The topological polar surface area (TPSA) is 93.3 Å². The average molecular weight is 260 g/mol. The van der Waals surface area contributed by atoms with E-state index in [4.69, 9.17) is 15.7 Å². The molecule has 0 spiro atoms. The van der Waals surface area contributed by atoms with Crippen molar-refractivity contribution >= 4 is 5.82 Å². The van der Waals surface area contributed by atoms with Crippen molar-refractivity contribution < 1.29 is 9.84 Å². The van der Waals surface area contributed by atoms with Gasteiger partial charge in [-0.05, 0) is 24.1 Å². The molecule has 1 heterocycles. The van der Waals surface area contributed by atoms with Crippen LogP contribution in [-0.2, 0) is 13.0 Å². The van der Waals surface area contributed by atoms with E-state index in [0.717, 1.165) is 11.1 Å². The van der Waals surface area contributed by atoms with Gasteiger partial charge in [0.15, 0.2) is 0 Å². The van der Waals surface area contributed by atoms with E-state index in [0.29, 0.717) is 23.9 Å². The van der Waals surface area contributed by atoms with Gasteiger partial charge in [0.25, 0.3) is 0 Å². The van der Waals surface area contributed by atoms with Crippen molar-refractivity contribution in [1.82, 2.24) is 9.97 Å². The molecule has 0 saturated heterocycles. The van der Waals surface area contributed by atoms with Crippen molar-refractivity contribution in [2.24, 2.45) is 5.84 Å². The number of aliphatic hydroxyl groups is 1. The fourth-order valence-corrected chi connectivity index (χ4v) is 1.75. The zero-order chi connectivity index (χ0) is 13.7. The Kier molecular flexibility index (Phi) is 4.27. The summed E-state index contributed by atoms with van der Waals surface area (Å²) in [5, 5.41) is 9.10. The van der Waals surface area contributed by atoms with Crippen molar-refractivity contribution in [3.8, 4) is 11.6 Å². The van der Waals surface area contributed by atoms with Crippen LogP contribution in [0.4, 0.5) is 5.82 Å². The Morgan fingerprint density at radius 2 is 2.21 bits per heavy atom. The first-order valence-electron chi connectivity index (χ1n) is 5.96. The summed E-state index contributed by atoms with van der Waals surface area (Å²) in [6.45, 7) is 1.94. The van der Waals surface area contributed by atoms with Gasteiger partial charge in [0, 0.05) is 0 Å². The van der Waals surface area contributed by atoms with Crippen LogP contribution in [0.5, 0.6) is 11.6 Å². The number of hydrogen-bond donors (Lipinski definition) is 3. The van der Waals surface area contributed by atoms with E-state index in [1.807, 2.05) is 19.1 Å².